The molecule has 0 amide bonds. The molecule has 0 atom stereocenters. The Balaban J connectivity index is 2.01. The lowest BCUT2D eigenvalue weighted by molar-refractivity contribution is 0.362. The van der Waals surface area contributed by atoms with Crippen LogP contribution in [-0.4, -0.2) is 29.5 Å². The third-order valence-electron chi connectivity index (χ3n) is 3.21. The van der Waals surface area contributed by atoms with Gasteiger partial charge >= 0.3 is 0 Å². The molecular formula is C15H15N7O2S. The number of amidine groups is 1. The van der Waals surface area contributed by atoms with Gasteiger partial charge in [0.15, 0.2) is 6.61 Å². The standard InChI is InChI=1S/C15H15N7O2S/c1-18-22-12(21-17)8-24-14-13(16)10(9-2-4-23-7-9)6-11(20-14)15-19-3-5-25-15/h2-7H,8,16-17H2,1H3. The summed E-state index contributed by atoms with van der Waals surface area (Å²) in [5, 5.41) is 13.5. The summed E-state index contributed by atoms with van der Waals surface area (Å²) in [5.74, 6) is 5.71. The number of aromatic nitrogens is 2. The molecular weight excluding hydrogens is 342 g/mol. The van der Waals surface area contributed by atoms with E-state index in [0.29, 0.717) is 11.4 Å². The van der Waals surface area contributed by atoms with Crippen LogP contribution >= 0.6 is 11.3 Å². The van der Waals surface area contributed by atoms with E-state index in [4.69, 9.17) is 20.7 Å². The number of nitrogens with zero attached hydrogens (tertiary/aromatic N) is 5. The van der Waals surface area contributed by atoms with E-state index >= 15 is 0 Å². The Bertz CT molecular complexity index is 889. The molecule has 25 heavy (non-hydrogen) atoms. The SMILES string of the molecule is CN=NC(COc1nc(-c2nccs2)cc(-c2ccoc2)c1N)=NN. The fourth-order valence-electron chi connectivity index (χ4n) is 2.10. The largest absolute Gasteiger partial charge is 0.472 e. The molecule has 3 aromatic heterocycles. The molecule has 4 N–H and O–H groups in total. The first kappa shape index (κ1) is 16.6. The second-order valence-electron chi connectivity index (χ2n) is 4.76. The molecule has 128 valence electrons. The predicted octanol–water partition coefficient (Wildman–Crippen LogP) is 2.78. The van der Waals surface area contributed by atoms with E-state index in [2.05, 4.69) is 25.3 Å². The van der Waals surface area contributed by atoms with Crippen LogP contribution in [0.1, 0.15) is 0 Å². The van der Waals surface area contributed by atoms with Gasteiger partial charge in [0, 0.05) is 29.8 Å². The molecule has 3 heterocycles. The smallest absolute Gasteiger partial charge is 0.238 e. The Kier molecular flexibility index (Phi) is 5.00. The van der Waals surface area contributed by atoms with E-state index in [1.165, 1.54) is 18.4 Å². The van der Waals surface area contributed by atoms with Crippen LogP contribution in [0, 0.1) is 0 Å². The number of hydrazone groups is 1. The summed E-state index contributed by atoms with van der Waals surface area (Å²) in [6.45, 7) is -0.0167. The Morgan fingerprint density at radius 2 is 2.32 bits per heavy atom. The van der Waals surface area contributed by atoms with E-state index in [9.17, 15) is 0 Å². The third kappa shape index (κ3) is 3.63. The van der Waals surface area contributed by atoms with E-state index in [1.54, 1.807) is 24.8 Å². The summed E-state index contributed by atoms with van der Waals surface area (Å²) in [4.78, 5) is 8.73. The van der Waals surface area contributed by atoms with Gasteiger partial charge in [0.25, 0.3) is 0 Å². The van der Waals surface area contributed by atoms with Crippen molar-refractivity contribution < 1.29 is 9.15 Å². The van der Waals surface area contributed by atoms with Gasteiger partial charge in [-0.1, -0.05) is 0 Å². The van der Waals surface area contributed by atoms with Crippen molar-refractivity contribution in [3.8, 4) is 27.7 Å². The minimum Gasteiger partial charge on any atom is -0.472 e. The van der Waals surface area contributed by atoms with E-state index in [1.807, 2.05) is 11.4 Å². The number of thiazole rings is 1. The van der Waals surface area contributed by atoms with Crippen molar-refractivity contribution in [1.82, 2.24) is 9.97 Å². The number of furan rings is 1. The quantitative estimate of drug-likeness (QED) is 0.237. The van der Waals surface area contributed by atoms with Crippen LogP contribution in [0.15, 0.2) is 56.0 Å². The van der Waals surface area contributed by atoms with Gasteiger partial charge in [0.1, 0.15) is 16.4 Å². The van der Waals surface area contributed by atoms with Gasteiger partial charge in [-0.05, 0) is 12.1 Å². The third-order valence-corrected chi connectivity index (χ3v) is 4.01. The minimum atomic E-state index is -0.0167. The van der Waals surface area contributed by atoms with Gasteiger partial charge < -0.3 is 20.7 Å². The molecule has 0 saturated heterocycles. The number of nitrogens with two attached hydrogens (primary N) is 2. The van der Waals surface area contributed by atoms with Crippen molar-refractivity contribution in [3.05, 3.63) is 36.2 Å². The Morgan fingerprint density at radius 1 is 1.44 bits per heavy atom. The second kappa shape index (κ2) is 7.53. The van der Waals surface area contributed by atoms with Crippen molar-refractivity contribution >= 4 is 22.9 Å². The normalized spacial score (nSPS) is 12.0. The van der Waals surface area contributed by atoms with Crippen LogP contribution in [0.25, 0.3) is 21.8 Å². The van der Waals surface area contributed by atoms with E-state index < -0.39 is 0 Å². The lowest BCUT2D eigenvalue weighted by Crippen LogP contribution is -2.13. The van der Waals surface area contributed by atoms with Crippen molar-refractivity contribution in [2.75, 3.05) is 19.4 Å². The number of hydrogen-bond donors (Lipinski definition) is 2. The van der Waals surface area contributed by atoms with Gasteiger partial charge in [-0.3, -0.25) is 0 Å². The van der Waals surface area contributed by atoms with Gasteiger partial charge in [-0.25, -0.2) is 9.97 Å². The van der Waals surface area contributed by atoms with E-state index in [0.717, 1.165) is 16.1 Å². The first-order valence-corrected chi connectivity index (χ1v) is 8.03. The second-order valence-corrected chi connectivity index (χ2v) is 5.65. The highest BCUT2D eigenvalue weighted by atomic mass is 32.1. The number of ether oxygens (including phenoxy) is 1. The Labute approximate surface area is 147 Å². The van der Waals surface area contributed by atoms with Crippen LogP contribution in [0.3, 0.4) is 0 Å². The molecule has 0 aromatic carbocycles. The molecule has 0 fully saturated rings. The average molecular weight is 357 g/mol. The molecule has 0 aliphatic carbocycles. The molecule has 0 unspecified atom stereocenters. The molecule has 0 bridgehead atoms. The highest BCUT2D eigenvalue weighted by molar-refractivity contribution is 7.13. The lowest BCUT2D eigenvalue weighted by atomic mass is 10.1. The van der Waals surface area contributed by atoms with Crippen LogP contribution < -0.4 is 16.3 Å². The van der Waals surface area contributed by atoms with Gasteiger partial charge in [0.05, 0.1) is 12.5 Å². The number of pyridine rings is 1. The maximum Gasteiger partial charge on any atom is 0.238 e. The first-order valence-electron chi connectivity index (χ1n) is 7.15. The zero-order chi connectivity index (χ0) is 17.6. The van der Waals surface area contributed by atoms with Gasteiger partial charge in [0.2, 0.25) is 11.7 Å². The van der Waals surface area contributed by atoms with Crippen molar-refractivity contribution in [2.45, 2.75) is 0 Å². The molecule has 0 aliphatic rings. The summed E-state index contributed by atoms with van der Waals surface area (Å²) in [7, 11) is 1.51. The highest BCUT2D eigenvalue weighted by Crippen LogP contribution is 2.36. The summed E-state index contributed by atoms with van der Waals surface area (Å²) in [6, 6.07) is 3.65. The van der Waals surface area contributed by atoms with Crippen LogP contribution in [0.2, 0.25) is 0 Å². The maximum atomic E-state index is 6.23. The summed E-state index contributed by atoms with van der Waals surface area (Å²) in [6.07, 6.45) is 4.87. The molecule has 0 aliphatic heterocycles. The molecule has 0 radical (unpaired) electrons. The van der Waals surface area contributed by atoms with Gasteiger partial charge in [-0.2, -0.15) is 10.2 Å². The summed E-state index contributed by atoms with van der Waals surface area (Å²) >= 11 is 1.46. The van der Waals surface area contributed by atoms with Crippen molar-refractivity contribution in [1.29, 1.82) is 0 Å². The number of azo groups is 1. The Hall–Kier alpha value is -3.27. The maximum absolute atomic E-state index is 6.23. The fourth-order valence-corrected chi connectivity index (χ4v) is 2.70. The summed E-state index contributed by atoms with van der Waals surface area (Å²) < 4.78 is 10.8. The van der Waals surface area contributed by atoms with Crippen LogP contribution in [0.4, 0.5) is 5.69 Å². The molecule has 0 spiro atoms. The van der Waals surface area contributed by atoms with Crippen LogP contribution in [0.5, 0.6) is 5.88 Å². The lowest BCUT2D eigenvalue weighted by Gasteiger charge is -2.12. The molecule has 3 rings (SSSR count). The topological polar surface area (TPSA) is 137 Å². The zero-order valence-electron chi connectivity index (χ0n) is 13.3. The molecule has 0 saturated carbocycles. The molecule has 10 heteroatoms. The number of rotatable bonds is 5. The first-order chi connectivity index (χ1) is 12.2. The Morgan fingerprint density at radius 3 is 2.96 bits per heavy atom. The molecule has 9 nitrogen and oxygen atoms in total. The van der Waals surface area contributed by atoms with E-state index in [-0.39, 0.29) is 18.3 Å². The number of hydrogen-bond acceptors (Lipinski definition) is 9. The predicted molar refractivity (Wildman–Crippen MR) is 95.4 cm³/mol. The molecule has 3 aromatic rings. The highest BCUT2D eigenvalue weighted by Gasteiger charge is 2.16. The minimum absolute atomic E-state index is 0.0167. The average Bonchev–Trinajstić information content (AvgIpc) is 3.33. The monoisotopic (exact) mass is 357 g/mol. The van der Waals surface area contributed by atoms with Gasteiger partial charge in [-0.15, -0.1) is 16.5 Å². The van der Waals surface area contributed by atoms with Crippen LogP contribution in [-0.2, 0) is 0 Å². The fraction of sp³-hybridized carbons (Fsp3) is 0.133. The van der Waals surface area contributed by atoms with Crippen molar-refractivity contribution in [2.24, 2.45) is 21.2 Å². The number of nitrogen functional groups attached to an aromatic ring is 1. The zero-order valence-corrected chi connectivity index (χ0v) is 14.1. The number of anilines is 1. The summed E-state index contributed by atoms with van der Waals surface area (Å²) in [5.41, 5.74) is 8.77. The van der Waals surface area contributed by atoms with Crippen molar-refractivity contribution in [3.63, 3.8) is 0 Å².